The van der Waals surface area contributed by atoms with Crippen molar-refractivity contribution in [1.29, 1.82) is 0 Å². The molecule has 0 aliphatic heterocycles. The molecule has 0 saturated heterocycles. The van der Waals surface area contributed by atoms with Crippen LogP contribution in [0.5, 0.6) is 0 Å². The van der Waals surface area contributed by atoms with E-state index in [-0.39, 0.29) is 0 Å². The van der Waals surface area contributed by atoms with Crippen LogP contribution in [0, 0.1) is 5.41 Å². The number of benzene rings is 2. The summed E-state index contributed by atoms with van der Waals surface area (Å²) in [5, 5.41) is 13.2. The van der Waals surface area contributed by atoms with Crippen LogP contribution in [0.3, 0.4) is 0 Å². The van der Waals surface area contributed by atoms with E-state index >= 15 is 0 Å². The molecular weight excluding hydrogens is 404 g/mol. The van der Waals surface area contributed by atoms with E-state index in [1.165, 1.54) is 75.3 Å². The van der Waals surface area contributed by atoms with Crippen molar-refractivity contribution in [1.82, 2.24) is 10.0 Å². The molecule has 6 rings (SSSR count). The van der Waals surface area contributed by atoms with E-state index in [9.17, 15) is 0 Å². The van der Waals surface area contributed by atoms with Crippen molar-refractivity contribution >= 4 is 12.4 Å². The molecule has 0 aromatic heterocycles. The Morgan fingerprint density at radius 1 is 0.606 bits per heavy atom. The molecule has 0 atom stereocenters. The Bertz CT molecular complexity index is 1090. The van der Waals surface area contributed by atoms with Crippen LogP contribution in [0.2, 0.25) is 0 Å². The van der Waals surface area contributed by atoms with Crippen LogP contribution in [0.25, 0.3) is 0 Å². The molecule has 4 aliphatic carbocycles. The molecule has 0 heterocycles. The van der Waals surface area contributed by atoms with Crippen LogP contribution in [0.15, 0.2) is 22.3 Å². The quantitative estimate of drug-likeness (QED) is 0.523. The van der Waals surface area contributed by atoms with Crippen molar-refractivity contribution < 1.29 is 0 Å². The molecule has 0 unspecified atom stereocenters. The smallest absolute Gasteiger partial charge is 0.0548 e. The maximum atomic E-state index is 4.69. The van der Waals surface area contributed by atoms with Gasteiger partial charge in [-0.15, -0.1) is 0 Å². The largest absolute Gasteiger partial charge is 0.303 e. The van der Waals surface area contributed by atoms with Gasteiger partial charge in [0.15, 0.2) is 0 Å². The van der Waals surface area contributed by atoms with Gasteiger partial charge in [0.25, 0.3) is 0 Å². The highest BCUT2D eigenvalue weighted by Gasteiger charge is 2.45. The van der Waals surface area contributed by atoms with Gasteiger partial charge in [0.1, 0.15) is 0 Å². The topological polar surface area (TPSA) is 31.2 Å². The van der Waals surface area contributed by atoms with Crippen LogP contribution in [0.4, 0.5) is 0 Å². The fourth-order valence-corrected chi connectivity index (χ4v) is 7.10. The average Bonchev–Trinajstić information content (AvgIpc) is 3.53. The summed E-state index contributed by atoms with van der Waals surface area (Å²) in [6, 6.07) is 5.13. The van der Waals surface area contributed by atoms with Gasteiger partial charge in [0, 0.05) is 39.3 Å². The Balaban J connectivity index is 1.40. The predicted octanol–water partition coefficient (Wildman–Crippen LogP) is 4.34. The van der Waals surface area contributed by atoms with Crippen molar-refractivity contribution in [3.05, 3.63) is 67.8 Å². The Morgan fingerprint density at radius 3 is 1.48 bits per heavy atom. The number of hydrogen-bond acceptors (Lipinski definition) is 4. The molecule has 0 bridgehead atoms. The fraction of sp³-hybridized carbons (Fsp3) is 0.517. The molecular formula is C29H36N4. The minimum atomic E-state index is 0.330. The van der Waals surface area contributed by atoms with Gasteiger partial charge in [-0.25, -0.2) is 0 Å². The fourth-order valence-electron chi connectivity index (χ4n) is 7.10. The minimum absolute atomic E-state index is 0.330. The highest BCUT2D eigenvalue weighted by atomic mass is 15.4. The molecule has 2 aromatic rings. The zero-order valence-electron chi connectivity index (χ0n) is 20.7. The molecule has 0 amide bonds. The maximum Gasteiger partial charge on any atom is 0.0548 e. The maximum absolute atomic E-state index is 4.69. The van der Waals surface area contributed by atoms with E-state index in [1.54, 1.807) is 44.5 Å². The van der Waals surface area contributed by atoms with Crippen molar-refractivity contribution in [2.45, 2.75) is 64.2 Å². The summed E-state index contributed by atoms with van der Waals surface area (Å²) in [4.78, 5) is 0. The molecule has 0 fully saturated rings. The molecule has 4 heteroatoms. The van der Waals surface area contributed by atoms with E-state index < -0.39 is 0 Å². The first-order chi connectivity index (χ1) is 15.9. The van der Waals surface area contributed by atoms with Crippen molar-refractivity contribution in [2.75, 3.05) is 28.2 Å². The van der Waals surface area contributed by atoms with Crippen LogP contribution in [0.1, 0.15) is 68.5 Å². The van der Waals surface area contributed by atoms with E-state index in [4.69, 9.17) is 0 Å². The van der Waals surface area contributed by atoms with E-state index in [0.29, 0.717) is 5.41 Å². The lowest BCUT2D eigenvalue weighted by atomic mass is 9.81. The molecule has 4 aliphatic rings. The third-order valence-corrected chi connectivity index (χ3v) is 8.36. The second-order valence-electron chi connectivity index (χ2n) is 11.2. The normalized spacial score (nSPS) is 22.4. The second-order valence-corrected chi connectivity index (χ2v) is 11.2. The van der Waals surface area contributed by atoms with Crippen LogP contribution < -0.4 is 0 Å². The average molecular weight is 441 g/mol. The number of aryl methyl sites for hydroxylation is 2. The molecule has 0 saturated carbocycles. The Morgan fingerprint density at radius 2 is 1.06 bits per heavy atom. The lowest BCUT2D eigenvalue weighted by molar-refractivity contribution is 0.326. The summed E-state index contributed by atoms with van der Waals surface area (Å²) < 4.78 is 0. The minimum Gasteiger partial charge on any atom is -0.303 e. The summed E-state index contributed by atoms with van der Waals surface area (Å²) >= 11 is 0. The summed E-state index contributed by atoms with van der Waals surface area (Å²) in [5.41, 5.74) is 15.9. The molecule has 2 aromatic carbocycles. The van der Waals surface area contributed by atoms with Gasteiger partial charge in [-0.3, -0.25) is 0 Å². The highest BCUT2D eigenvalue weighted by Crippen LogP contribution is 2.51. The number of fused-ring (bicyclic) bond motifs is 4. The van der Waals surface area contributed by atoms with Crippen molar-refractivity contribution in [2.24, 2.45) is 15.6 Å². The lowest BCUT2D eigenvalue weighted by Crippen LogP contribution is -2.22. The van der Waals surface area contributed by atoms with E-state index in [2.05, 4.69) is 34.8 Å². The molecule has 0 N–H and O–H groups in total. The summed E-state index contributed by atoms with van der Waals surface area (Å²) in [6.07, 6.45) is 16.6. The lowest BCUT2D eigenvalue weighted by Gasteiger charge is -2.22. The first-order valence-electron chi connectivity index (χ1n) is 12.7. The molecule has 4 nitrogen and oxygen atoms in total. The first-order valence-corrected chi connectivity index (χ1v) is 12.7. The third-order valence-electron chi connectivity index (χ3n) is 8.36. The van der Waals surface area contributed by atoms with Gasteiger partial charge in [-0.05, 0) is 114 Å². The van der Waals surface area contributed by atoms with Crippen LogP contribution in [-0.4, -0.2) is 50.6 Å². The molecule has 33 heavy (non-hydrogen) atoms. The standard InChI is InChI=1S/C29H36N4/c1-32(2)30-17-27-23-9-5-7-19(23)11-21-13-29(15-25(21)27)14-22-12-20-8-6-10-24(20)28(26(22)16-29)18-31-33(3)4/h11-12,17-18H,5-10,13-16H2,1-4H3. The summed E-state index contributed by atoms with van der Waals surface area (Å²) in [5.74, 6) is 0. The van der Waals surface area contributed by atoms with Gasteiger partial charge in [0.05, 0.1) is 12.4 Å². The zero-order chi connectivity index (χ0) is 22.7. The zero-order valence-corrected chi connectivity index (χ0v) is 20.7. The van der Waals surface area contributed by atoms with Gasteiger partial charge >= 0.3 is 0 Å². The Kier molecular flexibility index (Phi) is 4.90. The van der Waals surface area contributed by atoms with E-state index in [1.807, 2.05) is 38.2 Å². The number of hydrogen-bond donors (Lipinski definition) is 0. The second kappa shape index (κ2) is 7.72. The van der Waals surface area contributed by atoms with Gasteiger partial charge in [0.2, 0.25) is 0 Å². The van der Waals surface area contributed by atoms with Gasteiger partial charge in [-0.2, -0.15) is 10.2 Å². The number of nitrogens with zero attached hydrogens (tertiary/aromatic N) is 4. The number of hydrazone groups is 2. The molecule has 1 spiro atoms. The van der Waals surface area contributed by atoms with Crippen molar-refractivity contribution in [3.63, 3.8) is 0 Å². The van der Waals surface area contributed by atoms with E-state index in [0.717, 1.165) is 0 Å². The van der Waals surface area contributed by atoms with Crippen molar-refractivity contribution in [3.8, 4) is 0 Å². The van der Waals surface area contributed by atoms with Gasteiger partial charge < -0.3 is 10.0 Å². The summed E-state index contributed by atoms with van der Waals surface area (Å²) in [7, 11) is 8.08. The van der Waals surface area contributed by atoms with Crippen LogP contribution in [-0.2, 0) is 51.4 Å². The summed E-state index contributed by atoms with van der Waals surface area (Å²) in [6.45, 7) is 0. The van der Waals surface area contributed by atoms with Crippen LogP contribution >= 0.6 is 0 Å². The predicted molar refractivity (Wildman–Crippen MR) is 137 cm³/mol. The first kappa shape index (κ1) is 20.9. The monoisotopic (exact) mass is 440 g/mol. The highest BCUT2D eigenvalue weighted by molar-refractivity contribution is 5.87. The molecule has 172 valence electrons. The SMILES string of the molecule is CN(C)N=Cc1c2c(cc3c1CC1(C3)Cc3cc4c(c(C=NN(C)C)c3C1)CCC4)CCC2. The number of rotatable bonds is 4. The Labute approximate surface area is 198 Å². The Hall–Kier alpha value is -2.62. The third kappa shape index (κ3) is 3.50. The van der Waals surface area contributed by atoms with Gasteiger partial charge in [-0.1, -0.05) is 12.1 Å². The molecule has 0 radical (unpaired) electrons.